The van der Waals surface area contributed by atoms with Crippen molar-refractivity contribution in [2.24, 2.45) is 5.92 Å². The summed E-state index contributed by atoms with van der Waals surface area (Å²) in [7, 11) is 0. The summed E-state index contributed by atoms with van der Waals surface area (Å²) in [4.78, 5) is 25.9. The van der Waals surface area contributed by atoms with Gasteiger partial charge in [-0.15, -0.1) is 11.3 Å². The standard InChI is InChI=1S/C20H21NO4S/c1-3-24-20(23)16-14-9-8-11(2)10-15(14)26-18(16)21-17-12-6-4-5-7-13(12)19(22)25-17/h4-7,11,17,21H,3,8-10H2,1-2H3/t11-,17-/m1/s1. The number of carbonyl (C=O) groups is 2. The van der Waals surface area contributed by atoms with E-state index < -0.39 is 6.23 Å². The van der Waals surface area contributed by atoms with Crippen molar-refractivity contribution in [3.05, 3.63) is 51.4 Å². The fourth-order valence-electron chi connectivity index (χ4n) is 3.64. The number of cyclic esters (lactones) is 1. The first-order valence-electron chi connectivity index (χ1n) is 8.96. The van der Waals surface area contributed by atoms with Crippen molar-refractivity contribution in [2.75, 3.05) is 11.9 Å². The van der Waals surface area contributed by atoms with Crippen LogP contribution in [-0.4, -0.2) is 18.5 Å². The second-order valence-electron chi connectivity index (χ2n) is 6.79. The molecule has 0 saturated heterocycles. The Kier molecular flexibility index (Phi) is 4.44. The van der Waals surface area contributed by atoms with Gasteiger partial charge in [0.15, 0.2) is 0 Å². The van der Waals surface area contributed by atoms with Gasteiger partial charge in [-0.05, 0) is 43.7 Å². The molecule has 1 aliphatic heterocycles. The Hall–Kier alpha value is -2.34. The predicted molar refractivity (Wildman–Crippen MR) is 99.7 cm³/mol. The van der Waals surface area contributed by atoms with Gasteiger partial charge in [0.25, 0.3) is 0 Å². The van der Waals surface area contributed by atoms with Gasteiger partial charge in [-0.2, -0.15) is 0 Å². The maximum atomic E-state index is 12.6. The van der Waals surface area contributed by atoms with Crippen LogP contribution in [0.2, 0.25) is 0 Å². The molecule has 1 N–H and O–H groups in total. The third-order valence-electron chi connectivity index (χ3n) is 4.94. The van der Waals surface area contributed by atoms with E-state index in [-0.39, 0.29) is 11.9 Å². The quantitative estimate of drug-likeness (QED) is 0.811. The van der Waals surface area contributed by atoms with E-state index in [0.717, 1.165) is 35.4 Å². The molecule has 2 aliphatic rings. The second kappa shape index (κ2) is 6.76. The summed E-state index contributed by atoms with van der Waals surface area (Å²) in [5.41, 5.74) is 3.07. The van der Waals surface area contributed by atoms with Crippen molar-refractivity contribution in [3.8, 4) is 0 Å². The molecular formula is C20H21NO4S. The molecule has 2 atom stereocenters. The smallest absolute Gasteiger partial charge is 0.341 e. The zero-order valence-electron chi connectivity index (χ0n) is 14.8. The molecule has 2 heterocycles. The summed E-state index contributed by atoms with van der Waals surface area (Å²) in [5, 5.41) is 4.02. The van der Waals surface area contributed by atoms with E-state index >= 15 is 0 Å². The Balaban J connectivity index is 1.71. The summed E-state index contributed by atoms with van der Waals surface area (Å²) in [6.07, 6.45) is 2.33. The van der Waals surface area contributed by atoms with Crippen molar-refractivity contribution >= 4 is 28.3 Å². The lowest BCUT2D eigenvalue weighted by atomic mass is 9.88. The molecule has 0 spiro atoms. The Morgan fingerprint density at radius 1 is 1.38 bits per heavy atom. The van der Waals surface area contributed by atoms with E-state index in [1.54, 1.807) is 24.3 Å². The van der Waals surface area contributed by atoms with E-state index in [2.05, 4.69) is 12.2 Å². The summed E-state index contributed by atoms with van der Waals surface area (Å²) in [6, 6.07) is 7.32. The number of anilines is 1. The van der Waals surface area contributed by atoms with Crippen LogP contribution in [0.5, 0.6) is 0 Å². The number of nitrogens with one attached hydrogen (secondary N) is 1. The molecule has 136 valence electrons. The normalized spacial score (nSPS) is 20.9. The van der Waals surface area contributed by atoms with E-state index in [1.807, 2.05) is 18.2 Å². The zero-order valence-corrected chi connectivity index (χ0v) is 15.7. The minimum absolute atomic E-state index is 0.306. The molecule has 26 heavy (non-hydrogen) atoms. The first kappa shape index (κ1) is 17.1. The third kappa shape index (κ3) is 2.88. The lowest BCUT2D eigenvalue weighted by molar-refractivity contribution is 0.0437. The van der Waals surface area contributed by atoms with Gasteiger partial charge < -0.3 is 14.8 Å². The van der Waals surface area contributed by atoms with Crippen LogP contribution in [0.4, 0.5) is 5.00 Å². The van der Waals surface area contributed by atoms with Crippen LogP contribution in [0.15, 0.2) is 24.3 Å². The largest absolute Gasteiger partial charge is 0.462 e. The number of fused-ring (bicyclic) bond motifs is 2. The molecule has 0 amide bonds. The molecule has 0 saturated carbocycles. The van der Waals surface area contributed by atoms with Crippen LogP contribution >= 0.6 is 11.3 Å². The molecule has 0 fully saturated rings. The van der Waals surface area contributed by atoms with E-state index in [1.165, 1.54) is 4.88 Å². The minimum atomic E-state index is -0.579. The number of ether oxygens (including phenoxy) is 2. The molecule has 1 aliphatic carbocycles. The molecule has 0 radical (unpaired) electrons. The van der Waals surface area contributed by atoms with E-state index in [0.29, 0.717) is 23.7 Å². The average molecular weight is 371 g/mol. The fourth-order valence-corrected chi connectivity index (χ4v) is 5.06. The number of thiophene rings is 1. The number of esters is 2. The summed E-state index contributed by atoms with van der Waals surface area (Å²) in [6.45, 7) is 4.37. The fraction of sp³-hybridized carbons (Fsp3) is 0.400. The van der Waals surface area contributed by atoms with Crippen LogP contribution in [0.1, 0.15) is 63.2 Å². The first-order valence-corrected chi connectivity index (χ1v) is 9.78. The lowest BCUT2D eigenvalue weighted by Gasteiger charge is -2.18. The average Bonchev–Trinajstić information content (AvgIpc) is 3.13. The van der Waals surface area contributed by atoms with E-state index in [9.17, 15) is 9.59 Å². The zero-order chi connectivity index (χ0) is 18.3. The van der Waals surface area contributed by atoms with Gasteiger partial charge in [-0.1, -0.05) is 25.1 Å². The Morgan fingerprint density at radius 2 is 2.19 bits per heavy atom. The summed E-state index contributed by atoms with van der Waals surface area (Å²) in [5.74, 6) is -0.0422. The number of carbonyl (C=O) groups excluding carboxylic acids is 2. The molecule has 6 heteroatoms. The molecule has 1 aromatic carbocycles. The summed E-state index contributed by atoms with van der Waals surface area (Å²) >= 11 is 1.58. The third-order valence-corrected chi connectivity index (χ3v) is 6.13. The second-order valence-corrected chi connectivity index (χ2v) is 7.90. The van der Waals surface area contributed by atoms with Gasteiger partial charge in [-0.3, -0.25) is 0 Å². The first-order chi connectivity index (χ1) is 12.6. The maximum absolute atomic E-state index is 12.6. The number of benzene rings is 1. The molecule has 1 aromatic heterocycles. The number of rotatable bonds is 4. The van der Waals surface area contributed by atoms with Crippen LogP contribution < -0.4 is 5.32 Å². The highest BCUT2D eigenvalue weighted by molar-refractivity contribution is 7.16. The van der Waals surface area contributed by atoms with Crippen LogP contribution in [0, 0.1) is 5.92 Å². The van der Waals surface area contributed by atoms with Gasteiger partial charge in [-0.25, -0.2) is 9.59 Å². The lowest BCUT2D eigenvalue weighted by Crippen LogP contribution is -2.16. The number of hydrogen-bond donors (Lipinski definition) is 1. The Bertz CT molecular complexity index is 873. The molecule has 0 bridgehead atoms. The van der Waals surface area contributed by atoms with Gasteiger partial charge in [0.05, 0.1) is 17.7 Å². The van der Waals surface area contributed by atoms with Crippen LogP contribution in [0.3, 0.4) is 0 Å². The van der Waals surface area contributed by atoms with E-state index in [4.69, 9.17) is 9.47 Å². The monoisotopic (exact) mass is 371 g/mol. The predicted octanol–water partition coefficient (Wildman–Crippen LogP) is 4.33. The van der Waals surface area contributed by atoms with Crippen LogP contribution in [0.25, 0.3) is 0 Å². The van der Waals surface area contributed by atoms with Gasteiger partial charge in [0.2, 0.25) is 6.23 Å². The molecule has 4 rings (SSSR count). The van der Waals surface area contributed by atoms with Crippen molar-refractivity contribution in [3.63, 3.8) is 0 Å². The Labute approximate surface area is 156 Å². The topological polar surface area (TPSA) is 64.6 Å². The minimum Gasteiger partial charge on any atom is -0.462 e. The van der Waals surface area contributed by atoms with Crippen molar-refractivity contribution < 1.29 is 19.1 Å². The highest BCUT2D eigenvalue weighted by atomic mass is 32.1. The van der Waals surface area contributed by atoms with Crippen LogP contribution in [-0.2, 0) is 22.3 Å². The SMILES string of the molecule is CCOC(=O)c1c(N[C@@H]2OC(=O)c3ccccc32)sc2c1CC[C@@H](C)C2. The van der Waals surface area contributed by atoms with Crippen molar-refractivity contribution in [2.45, 2.75) is 39.3 Å². The van der Waals surface area contributed by atoms with Gasteiger partial charge >= 0.3 is 11.9 Å². The highest BCUT2D eigenvalue weighted by Crippen LogP contribution is 2.42. The Morgan fingerprint density at radius 3 is 3.00 bits per heavy atom. The summed E-state index contributed by atoms with van der Waals surface area (Å²) < 4.78 is 10.8. The number of hydrogen-bond acceptors (Lipinski definition) is 6. The molecule has 0 unspecified atom stereocenters. The van der Waals surface area contributed by atoms with Crippen molar-refractivity contribution in [1.82, 2.24) is 0 Å². The molecular weight excluding hydrogens is 350 g/mol. The highest BCUT2D eigenvalue weighted by Gasteiger charge is 2.34. The van der Waals surface area contributed by atoms with Gasteiger partial charge in [0, 0.05) is 10.4 Å². The van der Waals surface area contributed by atoms with Gasteiger partial charge in [0.1, 0.15) is 5.00 Å². The maximum Gasteiger partial charge on any atom is 0.341 e. The molecule has 2 aromatic rings. The van der Waals surface area contributed by atoms with Crippen molar-refractivity contribution in [1.29, 1.82) is 0 Å². The molecule has 5 nitrogen and oxygen atoms in total.